The zero-order chi connectivity index (χ0) is 18.0. The van der Waals surface area contributed by atoms with Gasteiger partial charge in [-0.1, -0.05) is 18.2 Å². The minimum Gasteiger partial charge on any atom is -0.427 e. The first-order valence-corrected chi connectivity index (χ1v) is 7.74. The summed E-state index contributed by atoms with van der Waals surface area (Å²) in [6.45, 7) is 2.63. The average molecular weight is 340 g/mol. The molecule has 0 aromatic heterocycles. The van der Waals surface area contributed by atoms with E-state index in [9.17, 15) is 14.4 Å². The molecule has 6 nitrogen and oxygen atoms in total. The zero-order valence-electron chi connectivity index (χ0n) is 13.8. The van der Waals surface area contributed by atoms with Crippen LogP contribution in [-0.4, -0.2) is 17.9 Å². The summed E-state index contributed by atoms with van der Waals surface area (Å²) < 4.78 is 15.4. The first kappa shape index (κ1) is 16.7. The van der Waals surface area contributed by atoms with Gasteiger partial charge in [0.2, 0.25) is 0 Å². The Morgan fingerprint density at radius 2 is 1.56 bits per heavy atom. The zero-order valence-corrected chi connectivity index (χ0v) is 13.8. The monoisotopic (exact) mass is 340 g/mol. The van der Waals surface area contributed by atoms with Gasteiger partial charge in [-0.05, 0) is 35.7 Å². The molecule has 2 aromatic carbocycles. The molecule has 0 radical (unpaired) electrons. The van der Waals surface area contributed by atoms with E-state index in [1.165, 1.54) is 19.9 Å². The molecular formula is C19H16O6. The van der Waals surface area contributed by atoms with Crippen LogP contribution in [0.1, 0.15) is 30.9 Å². The Kier molecular flexibility index (Phi) is 4.52. The number of carbonyl (C=O) groups excluding carboxylic acids is 3. The summed E-state index contributed by atoms with van der Waals surface area (Å²) in [7, 11) is 0. The molecule has 0 aliphatic carbocycles. The molecule has 0 saturated carbocycles. The highest BCUT2D eigenvalue weighted by Gasteiger charge is 2.30. The molecule has 0 bridgehead atoms. The number of ether oxygens (including phenoxy) is 3. The molecule has 25 heavy (non-hydrogen) atoms. The number of hydrogen-bond acceptors (Lipinski definition) is 6. The van der Waals surface area contributed by atoms with Crippen molar-refractivity contribution in [2.45, 2.75) is 26.2 Å². The lowest BCUT2D eigenvalue weighted by Crippen LogP contribution is -2.26. The van der Waals surface area contributed by atoms with Gasteiger partial charge in [0.1, 0.15) is 17.2 Å². The van der Waals surface area contributed by atoms with Gasteiger partial charge in [-0.3, -0.25) is 14.4 Å². The Balaban J connectivity index is 1.80. The highest BCUT2D eigenvalue weighted by Crippen LogP contribution is 2.36. The summed E-state index contributed by atoms with van der Waals surface area (Å²) in [4.78, 5) is 34.3. The van der Waals surface area contributed by atoms with E-state index < -0.39 is 17.9 Å². The quantitative estimate of drug-likeness (QED) is 0.631. The summed E-state index contributed by atoms with van der Waals surface area (Å²) in [5.74, 6) is -0.507. The second kappa shape index (κ2) is 6.76. The number of hydrogen-bond donors (Lipinski definition) is 0. The van der Waals surface area contributed by atoms with Crippen molar-refractivity contribution in [3.05, 3.63) is 53.6 Å². The van der Waals surface area contributed by atoms with Gasteiger partial charge in [0.25, 0.3) is 0 Å². The number of benzene rings is 2. The highest BCUT2D eigenvalue weighted by atomic mass is 16.5. The summed E-state index contributed by atoms with van der Waals surface area (Å²) in [6.07, 6.45) is 0.474. The molecule has 0 N–H and O–H groups in total. The van der Waals surface area contributed by atoms with Gasteiger partial charge in [-0.25, -0.2) is 0 Å². The van der Waals surface area contributed by atoms with Gasteiger partial charge in [-0.15, -0.1) is 0 Å². The van der Waals surface area contributed by atoms with Crippen molar-refractivity contribution in [2.24, 2.45) is 0 Å². The summed E-state index contributed by atoms with van der Waals surface area (Å²) in [6, 6.07) is 11.7. The van der Waals surface area contributed by atoms with Crippen LogP contribution in [0.5, 0.6) is 17.2 Å². The summed E-state index contributed by atoms with van der Waals surface area (Å²) >= 11 is 0. The molecule has 3 rings (SSSR count). The largest absolute Gasteiger partial charge is 0.427 e. The van der Waals surface area contributed by atoms with E-state index in [1.807, 2.05) is 0 Å². The smallest absolute Gasteiger partial charge is 0.319 e. The van der Waals surface area contributed by atoms with Crippen LogP contribution < -0.4 is 14.2 Å². The van der Waals surface area contributed by atoms with E-state index in [4.69, 9.17) is 14.2 Å². The Labute approximate surface area is 144 Å². The second-order valence-corrected chi connectivity index (χ2v) is 5.70. The summed E-state index contributed by atoms with van der Waals surface area (Å²) in [5, 5.41) is 0. The second-order valence-electron chi connectivity index (χ2n) is 5.70. The summed E-state index contributed by atoms with van der Waals surface area (Å²) in [5.41, 5.74) is 1.63. The third-order valence-corrected chi connectivity index (χ3v) is 3.76. The van der Waals surface area contributed by atoms with Crippen LogP contribution >= 0.6 is 0 Å². The van der Waals surface area contributed by atoms with Crippen LogP contribution in [0.15, 0.2) is 42.5 Å². The van der Waals surface area contributed by atoms with Crippen molar-refractivity contribution in [3.8, 4) is 17.2 Å². The molecule has 6 heteroatoms. The predicted octanol–water partition coefficient (Wildman–Crippen LogP) is 2.78. The Hall–Kier alpha value is -3.15. The van der Waals surface area contributed by atoms with Crippen LogP contribution in [0.25, 0.3) is 0 Å². The molecule has 1 heterocycles. The van der Waals surface area contributed by atoms with Gasteiger partial charge in [0.05, 0.1) is 5.92 Å². The van der Waals surface area contributed by atoms with E-state index in [-0.39, 0.29) is 5.97 Å². The minimum absolute atomic E-state index is 0.336. The Morgan fingerprint density at radius 1 is 0.960 bits per heavy atom. The van der Waals surface area contributed by atoms with Crippen LogP contribution in [-0.2, 0) is 20.8 Å². The Morgan fingerprint density at radius 3 is 2.20 bits per heavy atom. The van der Waals surface area contributed by atoms with Crippen molar-refractivity contribution in [2.75, 3.05) is 0 Å². The maximum absolute atomic E-state index is 12.3. The third-order valence-electron chi connectivity index (χ3n) is 3.76. The van der Waals surface area contributed by atoms with Crippen molar-refractivity contribution < 1.29 is 28.6 Å². The van der Waals surface area contributed by atoms with E-state index in [0.717, 1.165) is 11.1 Å². The lowest BCUT2D eigenvalue weighted by atomic mass is 9.89. The molecule has 0 fully saturated rings. The molecule has 128 valence electrons. The van der Waals surface area contributed by atoms with Gasteiger partial charge in [-0.2, -0.15) is 0 Å². The maximum Gasteiger partial charge on any atom is 0.319 e. The average Bonchev–Trinajstić information content (AvgIpc) is 2.54. The van der Waals surface area contributed by atoms with Crippen molar-refractivity contribution in [3.63, 3.8) is 0 Å². The third kappa shape index (κ3) is 3.85. The van der Waals surface area contributed by atoms with Crippen molar-refractivity contribution >= 4 is 17.9 Å². The predicted molar refractivity (Wildman–Crippen MR) is 87.6 cm³/mol. The van der Waals surface area contributed by atoms with Crippen molar-refractivity contribution in [1.82, 2.24) is 0 Å². The number of esters is 3. The normalized spacial score (nSPS) is 15.8. The lowest BCUT2D eigenvalue weighted by Gasteiger charge is -2.24. The molecule has 1 unspecified atom stereocenters. The van der Waals surface area contributed by atoms with E-state index in [2.05, 4.69) is 0 Å². The van der Waals surface area contributed by atoms with Crippen LogP contribution in [0.2, 0.25) is 0 Å². The molecule has 1 aliphatic heterocycles. The maximum atomic E-state index is 12.3. The van der Waals surface area contributed by atoms with Crippen molar-refractivity contribution in [1.29, 1.82) is 0 Å². The molecular weight excluding hydrogens is 324 g/mol. The fraction of sp³-hybridized carbons (Fsp3) is 0.211. The van der Waals surface area contributed by atoms with Crippen LogP contribution in [0.4, 0.5) is 0 Å². The fourth-order valence-electron chi connectivity index (χ4n) is 2.70. The fourth-order valence-corrected chi connectivity index (χ4v) is 2.70. The minimum atomic E-state index is -0.446. The Bertz CT molecular complexity index is 837. The van der Waals surface area contributed by atoms with Gasteiger partial charge in [0.15, 0.2) is 0 Å². The molecule has 0 amide bonds. The first-order valence-electron chi connectivity index (χ1n) is 7.74. The van der Waals surface area contributed by atoms with E-state index >= 15 is 0 Å². The van der Waals surface area contributed by atoms with E-state index in [0.29, 0.717) is 23.7 Å². The van der Waals surface area contributed by atoms with Gasteiger partial charge >= 0.3 is 17.9 Å². The molecule has 0 spiro atoms. The first-order chi connectivity index (χ1) is 11.9. The molecule has 1 aliphatic rings. The number of fused-ring (bicyclic) bond motifs is 1. The number of rotatable bonds is 3. The van der Waals surface area contributed by atoms with Crippen LogP contribution in [0.3, 0.4) is 0 Å². The molecule has 0 saturated heterocycles. The van der Waals surface area contributed by atoms with Gasteiger partial charge < -0.3 is 14.2 Å². The van der Waals surface area contributed by atoms with E-state index in [1.54, 1.807) is 36.4 Å². The van der Waals surface area contributed by atoms with Gasteiger partial charge in [0, 0.05) is 19.9 Å². The SMILES string of the molecule is CC(=O)Oc1ccc(C2Cc3ccc(OC(C)=O)cc3OC2=O)cc1. The topological polar surface area (TPSA) is 78.9 Å². The number of carbonyl (C=O) groups is 3. The molecule has 2 aromatic rings. The molecule has 1 atom stereocenters. The highest BCUT2D eigenvalue weighted by molar-refractivity contribution is 5.83. The lowest BCUT2D eigenvalue weighted by molar-refractivity contribution is -0.137. The standard InChI is InChI=1S/C19H16O6/c1-11(20)23-15-6-3-13(4-7-15)17-9-14-5-8-16(24-12(2)21)10-18(14)25-19(17)22/h3-8,10,17H,9H2,1-2H3. The van der Waals surface area contributed by atoms with Crippen LogP contribution in [0, 0.1) is 0 Å².